The summed E-state index contributed by atoms with van der Waals surface area (Å²) in [6.07, 6.45) is 2.72. The third-order valence-electron chi connectivity index (χ3n) is 7.73. The van der Waals surface area contributed by atoms with Gasteiger partial charge in [0, 0.05) is 23.4 Å². The van der Waals surface area contributed by atoms with E-state index in [4.69, 9.17) is 9.47 Å². The Morgan fingerprint density at radius 3 is 2.12 bits per heavy atom. The summed E-state index contributed by atoms with van der Waals surface area (Å²) >= 11 is 0. The lowest BCUT2D eigenvalue weighted by atomic mass is 9.89. The van der Waals surface area contributed by atoms with Crippen LogP contribution in [0.1, 0.15) is 49.0 Å². The van der Waals surface area contributed by atoms with Gasteiger partial charge in [0.15, 0.2) is 0 Å². The Morgan fingerprint density at radius 1 is 0.725 bits per heavy atom. The number of fused-ring (bicyclic) bond motifs is 3. The standard InChI is InChI=1S/C35H29NO4/c1-22-13-16-25(17-14-22)36-21-31(32(34(37)39-2)33(36)35(38)40-3)24-15-18-28-29(19-23-9-5-4-6-10-23)26-11-7-8-12-27(26)30(28)20-24/h4-18,20-21,29H,19H2,1-3H3. The van der Waals surface area contributed by atoms with Gasteiger partial charge in [-0.1, -0.05) is 84.4 Å². The van der Waals surface area contributed by atoms with Crippen LogP contribution in [0, 0.1) is 6.92 Å². The molecule has 6 rings (SSSR count). The van der Waals surface area contributed by atoms with Crippen molar-refractivity contribution in [3.8, 4) is 27.9 Å². The molecule has 1 heterocycles. The van der Waals surface area contributed by atoms with Gasteiger partial charge in [-0.2, -0.15) is 0 Å². The van der Waals surface area contributed by atoms with E-state index >= 15 is 0 Å². The summed E-state index contributed by atoms with van der Waals surface area (Å²) in [6, 6.07) is 33.1. The van der Waals surface area contributed by atoms with E-state index < -0.39 is 11.9 Å². The number of aryl methyl sites for hydroxylation is 1. The third-order valence-corrected chi connectivity index (χ3v) is 7.73. The van der Waals surface area contributed by atoms with Crippen LogP contribution in [0.5, 0.6) is 0 Å². The van der Waals surface area contributed by atoms with Crippen LogP contribution in [0.25, 0.3) is 27.9 Å². The molecule has 5 heteroatoms. The number of carbonyl (C=O) groups is 2. The van der Waals surface area contributed by atoms with Gasteiger partial charge in [-0.25, -0.2) is 9.59 Å². The summed E-state index contributed by atoms with van der Waals surface area (Å²) in [6.45, 7) is 2.00. The molecule has 40 heavy (non-hydrogen) atoms. The highest BCUT2D eigenvalue weighted by atomic mass is 16.5. The Labute approximate surface area is 233 Å². The summed E-state index contributed by atoms with van der Waals surface area (Å²) in [5.74, 6) is -0.976. The summed E-state index contributed by atoms with van der Waals surface area (Å²) in [5, 5.41) is 0. The fourth-order valence-electron chi connectivity index (χ4n) is 5.78. The van der Waals surface area contributed by atoms with Crippen LogP contribution in [0.4, 0.5) is 0 Å². The highest BCUT2D eigenvalue weighted by Gasteiger charge is 2.32. The molecule has 0 spiro atoms. The van der Waals surface area contributed by atoms with Gasteiger partial charge in [-0.3, -0.25) is 0 Å². The second-order valence-electron chi connectivity index (χ2n) is 10.1. The van der Waals surface area contributed by atoms with Crippen LogP contribution in [-0.4, -0.2) is 30.7 Å². The van der Waals surface area contributed by atoms with Crippen LogP contribution < -0.4 is 0 Å². The van der Waals surface area contributed by atoms with Crippen molar-refractivity contribution in [3.63, 3.8) is 0 Å². The number of ether oxygens (including phenoxy) is 2. The van der Waals surface area contributed by atoms with Gasteiger partial charge in [0.05, 0.1) is 14.2 Å². The van der Waals surface area contributed by atoms with Gasteiger partial charge in [0.2, 0.25) is 0 Å². The molecule has 0 radical (unpaired) electrons. The van der Waals surface area contributed by atoms with Crippen molar-refractivity contribution in [2.24, 2.45) is 0 Å². The predicted molar refractivity (Wildman–Crippen MR) is 156 cm³/mol. The maximum Gasteiger partial charge on any atom is 0.355 e. The number of rotatable bonds is 6. The SMILES string of the molecule is COC(=O)c1c(-c2ccc3c(c2)-c2ccccc2C3Cc2ccccc2)cn(-c2ccc(C)cc2)c1C(=O)OC. The number of methoxy groups -OCH3 is 2. The normalized spacial score (nSPS) is 13.4. The zero-order chi connectivity index (χ0) is 27.8. The minimum absolute atomic E-state index is 0.135. The molecule has 198 valence electrons. The lowest BCUT2D eigenvalue weighted by molar-refractivity contribution is 0.0550. The minimum Gasteiger partial charge on any atom is -0.465 e. The average molecular weight is 528 g/mol. The van der Waals surface area contributed by atoms with Crippen LogP contribution in [0.2, 0.25) is 0 Å². The quantitative estimate of drug-likeness (QED) is 0.216. The van der Waals surface area contributed by atoms with Gasteiger partial charge in [-0.05, 0) is 64.9 Å². The molecule has 4 aromatic carbocycles. The molecular weight excluding hydrogens is 498 g/mol. The lowest BCUT2D eigenvalue weighted by Crippen LogP contribution is -2.15. The number of aromatic nitrogens is 1. The number of hydrogen-bond donors (Lipinski definition) is 0. The van der Waals surface area contributed by atoms with Crippen LogP contribution >= 0.6 is 0 Å². The number of nitrogens with zero attached hydrogens (tertiary/aromatic N) is 1. The first-order valence-corrected chi connectivity index (χ1v) is 13.3. The monoisotopic (exact) mass is 527 g/mol. The van der Waals surface area contributed by atoms with E-state index in [9.17, 15) is 9.59 Å². The van der Waals surface area contributed by atoms with Crippen molar-refractivity contribution in [1.29, 1.82) is 0 Å². The van der Waals surface area contributed by atoms with Crippen LogP contribution in [0.3, 0.4) is 0 Å². The van der Waals surface area contributed by atoms with Gasteiger partial charge >= 0.3 is 11.9 Å². The molecule has 1 aliphatic carbocycles. The van der Waals surface area contributed by atoms with Crippen molar-refractivity contribution < 1.29 is 19.1 Å². The van der Waals surface area contributed by atoms with Gasteiger partial charge in [-0.15, -0.1) is 0 Å². The summed E-state index contributed by atoms with van der Waals surface area (Å²) in [7, 11) is 2.64. The number of carbonyl (C=O) groups excluding carboxylic acids is 2. The second-order valence-corrected chi connectivity index (χ2v) is 10.1. The topological polar surface area (TPSA) is 57.5 Å². The molecule has 5 aromatic rings. The molecule has 0 amide bonds. The fourth-order valence-corrected chi connectivity index (χ4v) is 5.78. The van der Waals surface area contributed by atoms with E-state index in [-0.39, 0.29) is 17.2 Å². The Kier molecular flexibility index (Phi) is 6.56. The minimum atomic E-state index is -0.610. The smallest absolute Gasteiger partial charge is 0.355 e. The van der Waals surface area contributed by atoms with Crippen LogP contribution in [-0.2, 0) is 15.9 Å². The Morgan fingerprint density at radius 2 is 1.40 bits per heavy atom. The fraction of sp³-hybridized carbons (Fsp3) is 0.143. The van der Waals surface area contributed by atoms with Crippen molar-refractivity contribution in [1.82, 2.24) is 4.57 Å². The lowest BCUT2D eigenvalue weighted by Gasteiger charge is -2.14. The number of hydrogen-bond acceptors (Lipinski definition) is 4. The van der Waals surface area contributed by atoms with E-state index in [0.29, 0.717) is 5.56 Å². The molecule has 1 aliphatic rings. The first kappa shape index (κ1) is 25.4. The van der Waals surface area contributed by atoms with Gasteiger partial charge < -0.3 is 14.0 Å². The molecule has 5 nitrogen and oxygen atoms in total. The predicted octanol–water partition coefficient (Wildman–Crippen LogP) is 7.38. The molecule has 0 fully saturated rings. The van der Waals surface area contributed by atoms with E-state index in [1.54, 1.807) is 4.57 Å². The molecule has 1 unspecified atom stereocenters. The highest BCUT2D eigenvalue weighted by Crippen LogP contribution is 2.48. The van der Waals surface area contributed by atoms with E-state index in [0.717, 1.165) is 28.8 Å². The summed E-state index contributed by atoms with van der Waals surface area (Å²) in [4.78, 5) is 26.3. The maximum atomic E-state index is 13.2. The van der Waals surface area contributed by atoms with Crippen molar-refractivity contribution in [2.45, 2.75) is 19.3 Å². The van der Waals surface area contributed by atoms with Crippen molar-refractivity contribution in [3.05, 3.63) is 137 Å². The molecule has 0 saturated carbocycles. The summed E-state index contributed by atoms with van der Waals surface area (Å²) in [5.41, 5.74) is 9.73. The van der Waals surface area contributed by atoms with E-state index in [2.05, 4.69) is 60.7 Å². The van der Waals surface area contributed by atoms with Crippen molar-refractivity contribution in [2.75, 3.05) is 14.2 Å². The van der Waals surface area contributed by atoms with Crippen molar-refractivity contribution >= 4 is 11.9 Å². The molecule has 1 atom stereocenters. The van der Waals surface area contributed by atoms with E-state index in [1.807, 2.05) is 49.5 Å². The first-order valence-electron chi connectivity index (χ1n) is 13.3. The zero-order valence-corrected chi connectivity index (χ0v) is 22.7. The molecular formula is C35H29NO4. The molecule has 1 aromatic heterocycles. The first-order chi connectivity index (χ1) is 19.5. The zero-order valence-electron chi connectivity index (χ0n) is 22.7. The Bertz CT molecular complexity index is 1730. The largest absolute Gasteiger partial charge is 0.465 e. The third kappa shape index (κ3) is 4.30. The molecule has 0 aliphatic heterocycles. The van der Waals surface area contributed by atoms with Gasteiger partial charge in [0.25, 0.3) is 0 Å². The van der Waals surface area contributed by atoms with E-state index in [1.165, 1.54) is 36.5 Å². The maximum absolute atomic E-state index is 13.2. The average Bonchev–Trinajstić information content (AvgIpc) is 3.54. The Hall–Kier alpha value is -4.90. The highest BCUT2D eigenvalue weighted by molar-refractivity contribution is 6.08. The van der Waals surface area contributed by atoms with Gasteiger partial charge in [0.1, 0.15) is 11.3 Å². The second kappa shape index (κ2) is 10.3. The Balaban J connectivity index is 1.54. The number of esters is 2. The molecule has 0 bridgehead atoms. The molecule has 0 saturated heterocycles. The summed E-state index contributed by atoms with van der Waals surface area (Å²) < 4.78 is 12.0. The molecule has 0 N–H and O–H groups in total. The number of benzene rings is 4. The van der Waals surface area contributed by atoms with Crippen LogP contribution in [0.15, 0.2) is 103 Å².